The minimum Gasteiger partial charge on any atom is -0.496 e. The normalized spacial score (nSPS) is 10.1. The topological polar surface area (TPSA) is 46.5 Å². The molecule has 1 N–H and O–H groups in total. The molecule has 0 saturated carbocycles. The summed E-state index contributed by atoms with van der Waals surface area (Å²) in [6.45, 7) is 3.70. The van der Waals surface area contributed by atoms with Crippen LogP contribution in [0.2, 0.25) is 0 Å². The van der Waals surface area contributed by atoms with Crippen molar-refractivity contribution in [2.45, 2.75) is 20.3 Å². The Morgan fingerprint density at radius 1 is 1.33 bits per heavy atom. The van der Waals surface area contributed by atoms with E-state index in [2.05, 4.69) is 0 Å². The van der Waals surface area contributed by atoms with Gasteiger partial charge in [0.25, 0.3) is 0 Å². The Morgan fingerprint density at radius 2 is 2.00 bits per heavy atom. The first-order chi connectivity index (χ1) is 7.11. The second kappa shape index (κ2) is 4.94. The van der Waals surface area contributed by atoms with E-state index in [1.807, 2.05) is 13.8 Å². The standard InChI is InChI=1S/C12H16O3/c1-8-9(2)12(15-3)5-4-10(8)11(14)6-7-13/h4-5,13H,6-7H2,1-3H3. The van der Waals surface area contributed by atoms with Crippen LogP contribution in [0.4, 0.5) is 0 Å². The fourth-order valence-electron chi connectivity index (χ4n) is 1.56. The largest absolute Gasteiger partial charge is 0.496 e. The average Bonchev–Trinajstić information content (AvgIpc) is 2.22. The minimum absolute atomic E-state index is 0.0271. The molecule has 0 atom stereocenters. The number of ketones is 1. The number of rotatable bonds is 4. The Labute approximate surface area is 89.7 Å². The van der Waals surface area contributed by atoms with Gasteiger partial charge < -0.3 is 9.84 Å². The zero-order valence-electron chi connectivity index (χ0n) is 9.33. The Hall–Kier alpha value is -1.35. The summed E-state index contributed by atoms with van der Waals surface area (Å²) in [5.74, 6) is 0.758. The first-order valence-corrected chi connectivity index (χ1v) is 4.90. The smallest absolute Gasteiger partial charge is 0.165 e. The fourth-order valence-corrected chi connectivity index (χ4v) is 1.56. The van der Waals surface area contributed by atoms with Gasteiger partial charge in [-0.15, -0.1) is 0 Å². The average molecular weight is 208 g/mol. The highest BCUT2D eigenvalue weighted by Gasteiger charge is 2.12. The Balaban J connectivity index is 3.11. The minimum atomic E-state index is -0.108. The van der Waals surface area contributed by atoms with Crippen LogP contribution in [0.1, 0.15) is 27.9 Å². The number of ether oxygens (including phenoxy) is 1. The summed E-state index contributed by atoms with van der Waals surface area (Å²) in [5.41, 5.74) is 2.57. The molecule has 82 valence electrons. The van der Waals surface area contributed by atoms with Crippen molar-refractivity contribution in [3.63, 3.8) is 0 Å². The molecule has 0 radical (unpaired) electrons. The Morgan fingerprint density at radius 3 is 2.53 bits per heavy atom. The predicted octanol–water partition coefficient (Wildman–Crippen LogP) is 1.88. The molecule has 3 nitrogen and oxygen atoms in total. The van der Waals surface area contributed by atoms with Crippen LogP contribution in [-0.4, -0.2) is 24.6 Å². The van der Waals surface area contributed by atoms with Crippen LogP contribution in [0.3, 0.4) is 0 Å². The lowest BCUT2D eigenvalue weighted by molar-refractivity contribution is 0.0956. The maximum Gasteiger partial charge on any atom is 0.165 e. The van der Waals surface area contributed by atoms with Crippen LogP contribution in [0.25, 0.3) is 0 Å². The van der Waals surface area contributed by atoms with Gasteiger partial charge in [-0.3, -0.25) is 4.79 Å². The third-order valence-electron chi connectivity index (χ3n) is 2.60. The first kappa shape index (κ1) is 11.7. The molecule has 0 spiro atoms. The van der Waals surface area contributed by atoms with Crippen molar-refractivity contribution in [1.82, 2.24) is 0 Å². The van der Waals surface area contributed by atoms with E-state index < -0.39 is 0 Å². The second-order valence-corrected chi connectivity index (χ2v) is 3.46. The predicted molar refractivity (Wildman–Crippen MR) is 58.5 cm³/mol. The number of Topliss-reactive ketones (excluding diaryl/α,β-unsaturated/α-hetero) is 1. The molecule has 0 saturated heterocycles. The molecule has 0 heterocycles. The van der Waals surface area contributed by atoms with Crippen LogP contribution < -0.4 is 4.74 Å². The van der Waals surface area contributed by atoms with Crippen molar-refractivity contribution in [1.29, 1.82) is 0 Å². The molecule has 3 heteroatoms. The third kappa shape index (κ3) is 2.36. The van der Waals surface area contributed by atoms with Crippen LogP contribution >= 0.6 is 0 Å². The van der Waals surface area contributed by atoms with E-state index in [0.29, 0.717) is 5.56 Å². The van der Waals surface area contributed by atoms with E-state index in [1.54, 1.807) is 19.2 Å². The second-order valence-electron chi connectivity index (χ2n) is 3.46. The molecular formula is C12H16O3. The molecule has 15 heavy (non-hydrogen) atoms. The molecule has 1 aromatic carbocycles. The molecule has 0 unspecified atom stereocenters. The Bertz CT molecular complexity index is 369. The van der Waals surface area contributed by atoms with Crippen molar-refractivity contribution in [3.05, 3.63) is 28.8 Å². The van der Waals surface area contributed by atoms with Gasteiger partial charge in [0.05, 0.1) is 13.7 Å². The number of aliphatic hydroxyl groups is 1. The zero-order valence-corrected chi connectivity index (χ0v) is 9.33. The lowest BCUT2D eigenvalue weighted by Gasteiger charge is -2.11. The van der Waals surface area contributed by atoms with E-state index in [1.165, 1.54) is 0 Å². The number of benzene rings is 1. The summed E-state index contributed by atoms with van der Waals surface area (Å²) >= 11 is 0. The van der Waals surface area contributed by atoms with Gasteiger partial charge in [-0.25, -0.2) is 0 Å². The molecule has 1 rings (SSSR count). The van der Waals surface area contributed by atoms with Gasteiger partial charge in [0.2, 0.25) is 0 Å². The number of methoxy groups -OCH3 is 1. The van der Waals surface area contributed by atoms with Crippen LogP contribution in [0, 0.1) is 13.8 Å². The van der Waals surface area contributed by atoms with Crippen molar-refractivity contribution in [2.75, 3.05) is 13.7 Å². The third-order valence-corrected chi connectivity index (χ3v) is 2.60. The van der Waals surface area contributed by atoms with Gasteiger partial charge in [-0.1, -0.05) is 0 Å². The van der Waals surface area contributed by atoms with E-state index in [9.17, 15) is 4.79 Å². The van der Waals surface area contributed by atoms with Crippen LogP contribution in [-0.2, 0) is 0 Å². The highest BCUT2D eigenvalue weighted by molar-refractivity contribution is 5.98. The molecule has 0 aromatic heterocycles. The number of hydrogen-bond acceptors (Lipinski definition) is 3. The summed E-state index contributed by atoms with van der Waals surface area (Å²) in [4.78, 5) is 11.6. The molecule has 0 amide bonds. The van der Waals surface area contributed by atoms with Crippen molar-refractivity contribution >= 4 is 5.78 Å². The highest BCUT2D eigenvalue weighted by atomic mass is 16.5. The number of carbonyl (C=O) groups excluding carboxylic acids is 1. The molecule has 0 aliphatic heterocycles. The van der Waals surface area contributed by atoms with Gasteiger partial charge in [0.15, 0.2) is 5.78 Å². The Kier molecular flexibility index (Phi) is 3.86. The quantitative estimate of drug-likeness (QED) is 0.768. The first-order valence-electron chi connectivity index (χ1n) is 4.90. The summed E-state index contributed by atoms with van der Waals surface area (Å²) in [7, 11) is 1.61. The van der Waals surface area contributed by atoms with E-state index in [4.69, 9.17) is 9.84 Å². The van der Waals surface area contributed by atoms with Crippen molar-refractivity contribution in [2.24, 2.45) is 0 Å². The molecule has 0 aliphatic rings. The van der Waals surface area contributed by atoms with E-state index >= 15 is 0 Å². The monoisotopic (exact) mass is 208 g/mol. The maximum absolute atomic E-state index is 11.6. The number of hydrogen-bond donors (Lipinski definition) is 1. The van der Waals surface area contributed by atoms with Crippen LogP contribution in [0.5, 0.6) is 5.75 Å². The highest BCUT2D eigenvalue weighted by Crippen LogP contribution is 2.24. The summed E-state index contributed by atoms with van der Waals surface area (Å²) in [5, 5.41) is 8.71. The number of carbonyl (C=O) groups is 1. The van der Waals surface area contributed by atoms with Crippen LogP contribution in [0.15, 0.2) is 12.1 Å². The zero-order chi connectivity index (χ0) is 11.4. The van der Waals surface area contributed by atoms with Gasteiger partial charge >= 0.3 is 0 Å². The summed E-state index contributed by atoms with van der Waals surface area (Å²) in [6, 6.07) is 3.53. The van der Waals surface area contributed by atoms with Crippen molar-refractivity contribution < 1.29 is 14.6 Å². The molecule has 0 aliphatic carbocycles. The van der Waals surface area contributed by atoms with E-state index in [-0.39, 0.29) is 18.8 Å². The molecular weight excluding hydrogens is 192 g/mol. The summed E-state index contributed by atoms with van der Waals surface area (Å²) < 4.78 is 5.16. The lowest BCUT2D eigenvalue weighted by Crippen LogP contribution is -2.05. The molecule has 0 fully saturated rings. The van der Waals surface area contributed by atoms with Gasteiger partial charge in [0, 0.05) is 12.0 Å². The number of aliphatic hydroxyl groups excluding tert-OH is 1. The SMILES string of the molecule is COc1ccc(C(=O)CCO)c(C)c1C. The van der Waals surface area contributed by atoms with Gasteiger partial charge in [-0.05, 0) is 37.1 Å². The fraction of sp³-hybridized carbons (Fsp3) is 0.417. The van der Waals surface area contributed by atoms with Gasteiger partial charge in [-0.2, -0.15) is 0 Å². The molecule has 1 aromatic rings. The van der Waals surface area contributed by atoms with E-state index in [0.717, 1.165) is 16.9 Å². The van der Waals surface area contributed by atoms with Crippen molar-refractivity contribution in [3.8, 4) is 5.75 Å². The maximum atomic E-state index is 11.6. The van der Waals surface area contributed by atoms with Gasteiger partial charge in [0.1, 0.15) is 5.75 Å². The lowest BCUT2D eigenvalue weighted by atomic mass is 9.98. The summed E-state index contributed by atoms with van der Waals surface area (Å²) in [6.07, 6.45) is 0.173. The molecule has 0 bridgehead atoms.